The number of hydrogen-bond donors (Lipinski definition) is 1. The number of nitrogens with one attached hydrogen (secondary N) is 1. The molecule has 2 aliphatic rings. The number of amides is 3. The summed E-state index contributed by atoms with van der Waals surface area (Å²) < 4.78 is 0. The summed E-state index contributed by atoms with van der Waals surface area (Å²) in [5, 5.41) is 2.81. The normalized spacial score (nSPS) is 19.6. The van der Waals surface area contributed by atoms with Crippen LogP contribution in [0.3, 0.4) is 0 Å². The molecule has 0 bridgehead atoms. The van der Waals surface area contributed by atoms with Crippen molar-refractivity contribution < 1.29 is 9.59 Å². The number of hydrogen-bond acceptors (Lipinski definition) is 2. The van der Waals surface area contributed by atoms with E-state index in [9.17, 15) is 9.59 Å². The van der Waals surface area contributed by atoms with Crippen molar-refractivity contribution >= 4 is 17.6 Å². The van der Waals surface area contributed by atoms with E-state index in [-0.39, 0.29) is 11.9 Å². The molecule has 5 heteroatoms. The van der Waals surface area contributed by atoms with Crippen LogP contribution < -0.4 is 10.2 Å². The number of piperidine rings is 1. The molecule has 2 aliphatic heterocycles. The Hall–Kier alpha value is -2.82. The number of likely N-dealkylation sites (tertiary alicyclic amines) is 1. The summed E-state index contributed by atoms with van der Waals surface area (Å²) in [6.45, 7) is 2.92. The van der Waals surface area contributed by atoms with Gasteiger partial charge in [-0.15, -0.1) is 0 Å². The SMILES string of the molecule is O=C(c1cccc(N2CCNC2=O)c1)N1CCC[C@H](CCc2ccccc2)C1. The van der Waals surface area contributed by atoms with Crippen LogP contribution in [0.4, 0.5) is 10.5 Å². The van der Waals surface area contributed by atoms with Crippen LogP contribution in [0.2, 0.25) is 0 Å². The standard InChI is InChI=1S/C23H27N3O2/c27-22(20-9-4-10-21(16-20)26-15-13-24-23(26)28)25-14-5-8-19(17-25)12-11-18-6-2-1-3-7-18/h1-4,6-7,9-10,16,19H,5,8,11-15,17H2,(H,24,28)/t19-/m1/s1. The van der Waals surface area contributed by atoms with Gasteiger partial charge in [0.05, 0.1) is 0 Å². The lowest BCUT2D eigenvalue weighted by molar-refractivity contribution is 0.0668. The molecule has 3 amide bonds. The molecule has 0 unspecified atom stereocenters. The molecule has 0 radical (unpaired) electrons. The van der Waals surface area contributed by atoms with Crippen LogP contribution in [0.5, 0.6) is 0 Å². The van der Waals surface area contributed by atoms with Crippen LogP contribution in [-0.4, -0.2) is 43.0 Å². The fourth-order valence-electron chi connectivity index (χ4n) is 4.21. The summed E-state index contributed by atoms with van der Waals surface area (Å²) >= 11 is 0. The van der Waals surface area contributed by atoms with E-state index >= 15 is 0 Å². The van der Waals surface area contributed by atoms with Crippen molar-refractivity contribution in [1.82, 2.24) is 10.2 Å². The summed E-state index contributed by atoms with van der Waals surface area (Å²) in [4.78, 5) is 28.7. The molecule has 0 aliphatic carbocycles. The van der Waals surface area contributed by atoms with Crippen molar-refractivity contribution in [2.24, 2.45) is 5.92 Å². The summed E-state index contributed by atoms with van der Waals surface area (Å²) in [6, 6.07) is 17.9. The Kier molecular flexibility index (Phi) is 5.60. The predicted octanol–water partition coefficient (Wildman–Crippen LogP) is 3.70. The zero-order chi connectivity index (χ0) is 19.3. The topological polar surface area (TPSA) is 52.7 Å². The highest BCUT2D eigenvalue weighted by Crippen LogP contribution is 2.24. The summed E-state index contributed by atoms with van der Waals surface area (Å²) in [5.41, 5.74) is 2.82. The first-order chi connectivity index (χ1) is 13.7. The number of nitrogens with zero attached hydrogens (tertiary/aromatic N) is 2. The second-order valence-corrected chi connectivity index (χ2v) is 7.72. The molecule has 1 N–H and O–H groups in total. The van der Waals surface area contributed by atoms with E-state index in [2.05, 4.69) is 29.6 Å². The third kappa shape index (κ3) is 4.19. The number of urea groups is 1. The lowest BCUT2D eigenvalue weighted by Crippen LogP contribution is -2.40. The van der Waals surface area contributed by atoms with Crippen molar-refractivity contribution in [1.29, 1.82) is 0 Å². The van der Waals surface area contributed by atoms with E-state index in [4.69, 9.17) is 0 Å². The van der Waals surface area contributed by atoms with Crippen molar-refractivity contribution in [3.8, 4) is 0 Å². The second kappa shape index (κ2) is 8.46. The minimum Gasteiger partial charge on any atom is -0.338 e. The molecule has 28 heavy (non-hydrogen) atoms. The lowest BCUT2D eigenvalue weighted by Gasteiger charge is -2.33. The number of anilines is 1. The maximum absolute atomic E-state index is 13.1. The third-order valence-electron chi connectivity index (χ3n) is 5.75. The van der Waals surface area contributed by atoms with Crippen LogP contribution in [-0.2, 0) is 6.42 Å². The highest BCUT2D eigenvalue weighted by molar-refractivity contribution is 5.98. The van der Waals surface area contributed by atoms with Gasteiger partial charge in [-0.1, -0.05) is 36.4 Å². The Morgan fingerprint density at radius 3 is 2.71 bits per heavy atom. The molecule has 2 saturated heterocycles. The van der Waals surface area contributed by atoms with Crippen molar-refractivity contribution in [2.75, 3.05) is 31.1 Å². The predicted molar refractivity (Wildman–Crippen MR) is 111 cm³/mol. The fourth-order valence-corrected chi connectivity index (χ4v) is 4.21. The van der Waals surface area contributed by atoms with Crippen LogP contribution >= 0.6 is 0 Å². The number of carbonyl (C=O) groups excluding carboxylic acids is 2. The van der Waals surface area contributed by atoms with Crippen molar-refractivity contribution in [3.05, 3.63) is 65.7 Å². The highest BCUT2D eigenvalue weighted by atomic mass is 16.2. The Bertz CT molecular complexity index is 837. The van der Waals surface area contributed by atoms with E-state index < -0.39 is 0 Å². The van der Waals surface area contributed by atoms with Gasteiger partial charge < -0.3 is 10.2 Å². The molecule has 0 saturated carbocycles. The largest absolute Gasteiger partial charge is 0.338 e. The number of benzene rings is 2. The molecule has 2 aromatic carbocycles. The van der Waals surface area contributed by atoms with Gasteiger partial charge in [0, 0.05) is 37.4 Å². The summed E-state index contributed by atoms with van der Waals surface area (Å²) in [5.74, 6) is 0.622. The Labute approximate surface area is 166 Å². The van der Waals surface area contributed by atoms with Crippen molar-refractivity contribution in [3.63, 3.8) is 0 Å². The van der Waals surface area contributed by atoms with Gasteiger partial charge in [0.15, 0.2) is 0 Å². The highest BCUT2D eigenvalue weighted by Gasteiger charge is 2.26. The summed E-state index contributed by atoms with van der Waals surface area (Å²) in [6.07, 6.45) is 4.42. The van der Waals surface area contributed by atoms with Crippen LogP contribution in [0.25, 0.3) is 0 Å². The molecule has 1 atom stereocenters. The van der Waals surface area contributed by atoms with E-state index in [1.54, 1.807) is 4.90 Å². The minimum atomic E-state index is -0.0939. The van der Waals surface area contributed by atoms with Gasteiger partial charge in [-0.2, -0.15) is 0 Å². The van der Waals surface area contributed by atoms with E-state index in [1.807, 2.05) is 35.2 Å². The molecule has 146 valence electrons. The zero-order valence-electron chi connectivity index (χ0n) is 16.1. The molecule has 2 heterocycles. The molecule has 2 fully saturated rings. The molecular weight excluding hydrogens is 350 g/mol. The van der Waals surface area contributed by atoms with E-state index in [0.717, 1.165) is 38.0 Å². The summed E-state index contributed by atoms with van der Waals surface area (Å²) in [7, 11) is 0. The quantitative estimate of drug-likeness (QED) is 0.864. The van der Waals surface area contributed by atoms with E-state index in [0.29, 0.717) is 24.6 Å². The first-order valence-corrected chi connectivity index (χ1v) is 10.2. The molecular formula is C23H27N3O2. The third-order valence-corrected chi connectivity index (χ3v) is 5.75. The number of aryl methyl sites for hydroxylation is 1. The van der Waals surface area contributed by atoms with Gasteiger partial charge in [-0.05, 0) is 55.4 Å². The van der Waals surface area contributed by atoms with Crippen LogP contribution in [0.1, 0.15) is 35.2 Å². The maximum Gasteiger partial charge on any atom is 0.321 e. The van der Waals surface area contributed by atoms with Crippen LogP contribution in [0.15, 0.2) is 54.6 Å². The van der Waals surface area contributed by atoms with Gasteiger partial charge in [-0.3, -0.25) is 9.69 Å². The maximum atomic E-state index is 13.1. The monoisotopic (exact) mass is 377 g/mol. The number of rotatable bonds is 5. The first kappa shape index (κ1) is 18.5. The van der Waals surface area contributed by atoms with Crippen molar-refractivity contribution in [2.45, 2.75) is 25.7 Å². The molecule has 0 spiro atoms. The van der Waals surface area contributed by atoms with Gasteiger partial charge in [-0.25, -0.2) is 4.79 Å². The second-order valence-electron chi connectivity index (χ2n) is 7.72. The van der Waals surface area contributed by atoms with Crippen LogP contribution in [0, 0.1) is 5.92 Å². The zero-order valence-corrected chi connectivity index (χ0v) is 16.1. The lowest BCUT2D eigenvalue weighted by atomic mass is 9.91. The molecule has 0 aromatic heterocycles. The minimum absolute atomic E-state index is 0.0749. The molecule has 4 rings (SSSR count). The van der Waals surface area contributed by atoms with Gasteiger partial charge in [0.25, 0.3) is 5.91 Å². The average molecular weight is 377 g/mol. The fraction of sp³-hybridized carbons (Fsp3) is 0.391. The molecule has 5 nitrogen and oxygen atoms in total. The Balaban J connectivity index is 1.39. The van der Waals surface area contributed by atoms with Gasteiger partial charge in [0.1, 0.15) is 0 Å². The molecule has 2 aromatic rings. The first-order valence-electron chi connectivity index (χ1n) is 10.2. The number of carbonyl (C=O) groups is 2. The average Bonchev–Trinajstić information content (AvgIpc) is 3.19. The smallest absolute Gasteiger partial charge is 0.321 e. The Morgan fingerprint density at radius 1 is 1.07 bits per heavy atom. The Morgan fingerprint density at radius 2 is 1.93 bits per heavy atom. The van der Waals surface area contributed by atoms with Gasteiger partial charge in [0.2, 0.25) is 0 Å². The van der Waals surface area contributed by atoms with Gasteiger partial charge >= 0.3 is 6.03 Å². The van der Waals surface area contributed by atoms with E-state index in [1.165, 1.54) is 12.0 Å².